The quantitative estimate of drug-likeness (QED) is 0.492. The van der Waals surface area contributed by atoms with E-state index in [-0.39, 0.29) is 5.75 Å². The van der Waals surface area contributed by atoms with E-state index >= 15 is 0 Å². The molecule has 0 aliphatic heterocycles. The molecule has 0 aliphatic carbocycles. The summed E-state index contributed by atoms with van der Waals surface area (Å²) in [5.74, 6) is 0.0335. The van der Waals surface area contributed by atoms with Crippen LogP contribution in [0.15, 0.2) is 54.9 Å². The number of hydrogen-bond acceptors (Lipinski definition) is 6. The molecule has 30 heavy (non-hydrogen) atoms. The Hall–Kier alpha value is -3.94. The lowest BCUT2D eigenvalue weighted by molar-refractivity contribution is 0.0735. The number of aryl methyl sites for hydroxylation is 2. The topological polar surface area (TPSA) is 96.5 Å². The first-order valence-corrected chi connectivity index (χ1v) is 9.28. The van der Waals surface area contributed by atoms with E-state index in [2.05, 4.69) is 20.6 Å². The van der Waals surface area contributed by atoms with Crippen LogP contribution in [0.2, 0.25) is 0 Å². The third-order valence-corrected chi connectivity index (χ3v) is 4.21. The third-order valence-electron chi connectivity index (χ3n) is 4.21. The fraction of sp³-hybridized carbons (Fsp3) is 0.182. The lowest BCUT2D eigenvalue weighted by atomic mass is 10.2. The van der Waals surface area contributed by atoms with Gasteiger partial charge in [0.05, 0.1) is 29.3 Å². The van der Waals surface area contributed by atoms with E-state index in [0.717, 1.165) is 16.9 Å². The van der Waals surface area contributed by atoms with Crippen LogP contribution in [-0.4, -0.2) is 36.1 Å². The smallest absolute Gasteiger partial charge is 0.343 e. The van der Waals surface area contributed by atoms with Crippen LogP contribution in [0, 0.1) is 13.8 Å². The first kappa shape index (κ1) is 20.8. The van der Waals surface area contributed by atoms with Gasteiger partial charge in [-0.3, -0.25) is 10.3 Å². The van der Waals surface area contributed by atoms with E-state index in [0.29, 0.717) is 17.1 Å². The first-order valence-electron chi connectivity index (χ1n) is 9.28. The number of hydrogen-bond donors (Lipinski definition) is 2. The van der Waals surface area contributed by atoms with Crippen molar-refractivity contribution in [3.05, 3.63) is 71.7 Å². The highest BCUT2D eigenvalue weighted by molar-refractivity contribution is 6.01. The maximum absolute atomic E-state index is 12.6. The van der Waals surface area contributed by atoms with Gasteiger partial charge in [0.15, 0.2) is 11.6 Å². The Morgan fingerprint density at radius 3 is 2.47 bits per heavy atom. The van der Waals surface area contributed by atoms with Crippen LogP contribution in [0.5, 0.6) is 5.75 Å². The van der Waals surface area contributed by atoms with Crippen LogP contribution < -0.4 is 20.3 Å². The van der Waals surface area contributed by atoms with Gasteiger partial charge < -0.3 is 15.0 Å². The first-order chi connectivity index (χ1) is 14.3. The largest absolute Gasteiger partial charge is 0.421 e. The van der Waals surface area contributed by atoms with Crippen molar-refractivity contribution in [1.29, 1.82) is 0 Å². The number of ether oxygens (including phenoxy) is 1. The molecular formula is C22H23N5O3. The van der Waals surface area contributed by atoms with Gasteiger partial charge in [0.2, 0.25) is 0 Å². The van der Waals surface area contributed by atoms with E-state index < -0.39 is 12.0 Å². The summed E-state index contributed by atoms with van der Waals surface area (Å²) in [6, 6.07) is 11.7. The standard InChI is InChI=1S/C22H23N5O3/c1-14-8-9-19(30-21(28)16-6-5-7-17(11-16)27(3)4)18(10-14)25-22(29)26-20-13-23-15(2)12-24-20/h5-13H,1-4H3,(H2,24,25,26,29). The number of aromatic nitrogens is 2. The average Bonchev–Trinajstić information content (AvgIpc) is 2.71. The van der Waals surface area contributed by atoms with Crippen LogP contribution in [0.1, 0.15) is 21.6 Å². The Labute approximate surface area is 174 Å². The Morgan fingerprint density at radius 2 is 1.77 bits per heavy atom. The number of urea groups is 1. The van der Waals surface area contributed by atoms with Crippen LogP contribution in [0.4, 0.5) is 22.0 Å². The Kier molecular flexibility index (Phi) is 6.26. The summed E-state index contributed by atoms with van der Waals surface area (Å²) in [4.78, 5) is 35.1. The Morgan fingerprint density at radius 1 is 0.967 bits per heavy atom. The molecule has 0 aliphatic rings. The lowest BCUT2D eigenvalue weighted by Crippen LogP contribution is -2.21. The number of esters is 1. The third kappa shape index (κ3) is 5.32. The SMILES string of the molecule is Cc1ccc(OC(=O)c2cccc(N(C)C)c2)c(NC(=O)Nc2cnc(C)cn2)c1. The van der Waals surface area contributed by atoms with Gasteiger partial charge in [0, 0.05) is 19.8 Å². The lowest BCUT2D eigenvalue weighted by Gasteiger charge is -2.15. The fourth-order valence-electron chi connectivity index (χ4n) is 2.63. The molecule has 2 N–H and O–H groups in total. The molecule has 154 valence electrons. The van der Waals surface area contributed by atoms with Crippen molar-refractivity contribution >= 4 is 29.2 Å². The van der Waals surface area contributed by atoms with E-state index in [9.17, 15) is 9.59 Å². The second kappa shape index (κ2) is 9.04. The second-order valence-corrected chi connectivity index (χ2v) is 6.96. The van der Waals surface area contributed by atoms with E-state index in [1.807, 2.05) is 32.0 Å². The molecule has 8 nitrogen and oxygen atoms in total. The van der Waals surface area contributed by atoms with Crippen molar-refractivity contribution in [1.82, 2.24) is 9.97 Å². The van der Waals surface area contributed by atoms with Gasteiger partial charge in [0.1, 0.15) is 0 Å². The second-order valence-electron chi connectivity index (χ2n) is 6.96. The van der Waals surface area contributed by atoms with Crippen molar-refractivity contribution in [3.8, 4) is 5.75 Å². The normalized spacial score (nSPS) is 10.3. The van der Waals surface area contributed by atoms with Crippen molar-refractivity contribution in [2.24, 2.45) is 0 Å². The van der Waals surface area contributed by atoms with Gasteiger partial charge in [-0.1, -0.05) is 12.1 Å². The Balaban J connectivity index is 1.76. The summed E-state index contributed by atoms with van der Waals surface area (Å²) < 4.78 is 5.56. The van der Waals surface area contributed by atoms with Crippen LogP contribution in [-0.2, 0) is 0 Å². The monoisotopic (exact) mass is 405 g/mol. The number of carbonyl (C=O) groups is 2. The van der Waals surface area contributed by atoms with Gasteiger partial charge in [0.25, 0.3) is 0 Å². The van der Waals surface area contributed by atoms with E-state index in [1.54, 1.807) is 49.5 Å². The van der Waals surface area contributed by atoms with Crippen molar-refractivity contribution in [2.75, 3.05) is 29.6 Å². The van der Waals surface area contributed by atoms with Gasteiger partial charge in [-0.15, -0.1) is 0 Å². The minimum atomic E-state index is -0.523. The minimum Gasteiger partial charge on any atom is -0.421 e. The van der Waals surface area contributed by atoms with Crippen LogP contribution in [0.25, 0.3) is 0 Å². The number of nitrogens with one attached hydrogen (secondary N) is 2. The molecule has 0 unspecified atom stereocenters. The molecule has 2 amide bonds. The molecule has 8 heteroatoms. The number of rotatable bonds is 5. The predicted octanol–water partition coefficient (Wildman–Crippen LogP) is 4.02. The zero-order valence-corrected chi connectivity index (χ0v) is 17.3. The highest BCUT2D eigenvalue weighted by Crippen LogP contribution is 2.27. The van der Waals surface area contributed by atoms with Crippen molar-refractivity contribution in [2.45, 2.75) is 13.8 Å². The summed E-state index contributed by atoms with van der Waals surface area (Å²) in [6.45, 7) is 3.68. The number of benzene rings is 2. The zero-order valence-electron chi connectivity index (χ0n) is 17.3. The number of amides is 2. The number of nitrogens with zero attached hydrogens (tertiary/aromatic N) is 3. The predicted molar refractivity (Wildman–Crippen MR) is 116 cm³/mol. The number of anilines is 3. The van der Waals surface area contributed by atoms with E-state index in [4.69, 9.17) is 4.74 Å². The molecule has 3 rings (SSSR count). The molecule has 0 radical (unpaired) electrons. The summed E-state index contributed by atoms with van der Waals surface area (Å²) in [7, 11) is 3.78. The molecule has 0 saturated carbocycles. The molecule has 0 bridgehead atoms. The highest BCUT2D eigenvalue weighted by atomic mass is 16.5. The van der Waals surface area contributed by atoms with Crippen molar-refractivity contribution < 1.29 is 14.3 Å². The van der Waals surface area contributed by atoms with Crippen LogP contribution >= 0.6 is 0 Å². The van der Waals surface area contributed by atoms with Gasteiger partial charge in [-0.2, -0.15) is 0 Å². The van der Waals surface area contributed by atoms with Gasteiger partial charge in [-0.25, -0.2) is 14.6 Å². The molecule has 0 spiro atoms. The van der Waals surface area contributed by atoms with Gasteiger partial charge in [-0.05, 0) is 49.7 Å². The molecule has 2 aromatic carbocycles. The molecule has 3 aromatic rings. The van der Waals surface area contributed by atoms with E-state index in [1.165, 1.54) is 6.20 Å². The summed E-state index contributed by atoms with van der Waals surface area (Å²) in [6.07, 6.45) is 3.02. The fourth-order valence-corrected chi connectivity index (χ4v) is 2.63. The zero-order chi connectivity index (χ0) is 21.7. The molecule has 1 aromatic heterocycles. The molecule has 1 heterocycles. The maximum atomic E-state index is 12.6. The number of carbonyl (C=O) groups excluding carboxylic acids is 2. The summed E-state index contributed by atoms with van der Waals surface area (Å²) in [5, 5.41) is 5.30. The molecular weight excluding hydrogens is 382 g/mol. The van der Waals surface area contributed by atoms with Gasteiger partial charge >= 0.3 is 12.0 Å². The highest BCUT2D eigenvalue weighted by Gasteiger charge is 2.15. The summed E-state index contributed by atoms with van der Waals surface area (Å²) in [5.41, 5.74) is 3.30. The molecule has 0 atom stereocenters. The minimum absolute atomic E-state index is 0.242. The Bertz CT molecular complexity index is 1060. The molecule has 0 fully saturated rings. The summed E-state index contributed by atoms with van der Waals surface area (Å²) >= 11 is 0. The average molecular weight is 405 g/mol. The van der Waals surface area contributed by atoms with Crippen molar-refractivity contribution in [3.63, 3.8) is 0 Å². The maximum Gasteiger partial charge on any atom is 0.343 e. The van der Waals surface area contributed by atoms with Crippen LogP contribution in [0.3, 0.4) is 0 Å². The molecule has 0 saturated heterocycles.